The van der Waals surface area contributed by atoms with Crippen LogP contribution in [0.1, 0.15) is 66.2 Å². The van der Waals surface area contributed by atoms with Gasteiger partial charge in [-0.1, -0.05) is 34.1 Å². The molecule has 0 aromatic heterocycles. The molecule has 0 radical (unpaired) electrons. The van der Waals surface area contributed by atoms with Crippen LogP contribution in [0.4, 0.5) is 0 Å². The number of ether oxygens (including phenoxy) is 2. The number of hydrogen-bond acceptors (Lipinski definition) is 3. The Hall–Kier alpha value is -0.120. The van der Waals surface area contributed by atoms with E-state index in [9.17, 15) is 0 Å². The van der Waals surface area contributed by atoms with Gasteiger partial charge in [-0.15, -0.1) is 0 Å². The van der Waals surface area contributed by atoms with E-state index in [-0.39, 0.29) is 0 Å². The summed E-state index contributed by atoms with van der Waals surface area (Å²) in [5, 5.41) is 3.65. The minimum atomic E-state index is 0.347. The van der Waals surface area contributed by atoms with Crippen molar-refractivity contribution in [2.45, 2.75) is 78.4 Å². The smallest absolute Gasteiger partial charge is 0.0734 e. The van der Waals surface area contributed by atoms with Crippen LogP contribution < -0.4 is 5.32 Å². The van der Waals surface area contributed by atoms with Gasteiger partial charge >= 0.3 is 0 Å². The minimum absolute atomic E-state index is 0.347. The van der Waals surface area contributed by atoms with Crippen LogP contribution in [0.3, 0.4) is 0 Å². The van der Waals surface area contributed by atoms with Gasteiger partial charge in [-0.2, -0.15) is 0 Å². The van der Waals surface area contributed by atoms with Crippen LogP contribution in [-0.4, -0.2) is 38.5 Å². The van der Waals surface area contributed by atoms with Crippen molar-refractivity contribution in [3.05, 3.63) is 0 Å². The van der Waals surface area contributed by atoms with Gasteiger partial charge in [0.05, 0.1) is 19.3 Å². The molecule has 3 nitrogen and oxygen atoms in total. The predicted molar refractivity (Wildman–Crippen MR) is 85.2 cm³/mol. The molecule has 0 aromatic carbocycles. The summed E-state index contributed by atoms with van der Waals surface area (Å²) >= 11 is 0. The molecule has 120 valence electrons. The first-order valence-corrected chi connectivity index (χ1v) is 8.52. The van der Waals surface area contributed by atoms with Crippen molar-refractivity contribution in [2.24, 2.45) is 5.41 Å². The maximum atomic E-state index is 6.12. The Balaban J connectivity index is 2.28. The average molecular weight is 285 g/mol. The normalized spacial score (nSPS) is 25.8. The SMILES string of the molecule is CCCCOCCOC1CC(C)(C)CCC1NCCC. The molecule has 2 unspecified atom stereocenters. The quantitative estimate of drug-likeness (QED) is 0.620. The zero-order valence-corrected chi connectivity index (χ0v) is 14.0. The predicted octanol–water partition coefficient (Wildman–Crippen LogP) is 3.77. The third-order valence-electron chi connectivity index (χ3n) is 4.19. The van der Waals surface area contributed by atoms with Gasteiger partial charge in [0.2, 0.25) is 0 Å². The van der Waals surface area contributed by atoms with Crippen LogP contribution in [0.25, 0.3) is 0 Å². The van der Waals surface area contributed by atoms with E-state index in [1.165, 1.54) is 25.7 Å². The fourth-order valence-corrected chi connectivity index (χ4v) is 2.87. The largest absolute Gasteiger partial charge is 0.379 e. The standard InChI is InChI=1S/C17H35NO2/c1-5-7-11-19-12-13-20-16-14-17(3,4)9-8-15(16)18-10-6-2/h15-16,18H,5-14H2,1-4H3. The third-order valence-corrected chi connectivity index (χ3v) is 4.19. The van der Waals surface area contributed by atoms with Crippen LogP contribution in [0.2, 0.25) is 0 Å². The van der Waals surface area contributed by atoms with E-state index in [4.69, 9.17) is 9.47 Å². The van der Waals surface area contributed by atoms with E-state index in [2.05, 4.69) is 33.0 Å². The van der Waals surface area contributed by atoms with Gasteiger partial charge in [-0.25, -0.2) is 0 Å². The molecule has 2 atom stereocenters. The molecule has 0 spiro atoms. The van der Waals surface area contributed by atoms with Gasteiger partial charge in [0.25, 0.3) is 0 Å². The van der Waals surface area contributed by atoms with Gasteiger partial charge in [-0.05, 0) is 44.1 Å². The summed E-state index contributed by atoms with van der Waals surface area (Å²) in [7, 11) is 0. The van der Waals surface area contributed by atoms with Gasteiger partial charge in [-0.3, -0.25) is 0 Å². The van der Waals surface area contributed by atoms with E-state index < -0.39 is 0 Å². The van der Waals surface area contributed by atoms with E-state index in [0.29, 0.717) is 17.6 Å². The highest BCUT2D eigenvalue weighted by Gasteiger charge is 2.35. The Morgan fingerprint density at radius 1 is 1.10 bits per heavy atom. The molecule has 0 saturated heterocycles. The molecule has 20 heavy (non-hydrogen) atoms. The first-order chi connectivity index (χ1) is 9.59. The van der Waals surface area contributed by atoms with Gasteiger partial charge in [0, 0.05) is 12.6 Å². The maximum Gasteiger partial charge on any atom is 0.0734 e. The summed E-state index contributed by atoms with van der Waals surface area (Å²) in [6, 6.07) is 0.526. The van der Waals surface area contributed by atoms with Crippen LogP contribution >= 0.6 is 0 Å². The van der Waals surface area contributed by atoms with Gasteiger partial charge in [0.1, 0.15) is 0 Å². The number of unbranched alkanes of at least 4 members (excludes halogenated alkanes) is 1. The van der Waals surface area contributed by atoms with E-state index >= 15 is 0 Å². The first-order valence-electron chi connectivity index (χ1n) is 8.52. The Bertz CT molecular complexity index is 243. The summed E-state index contributed by atoms with van der Waals surface area (Å²) < 4.78 is 11.7. The molecular formula is C17H35NO2. The van der Waals surface area contributed by atoms with Crippen LogP contribution in [0.15, 0.2) is 0 Å². The molecule has 1 aliphatic rings. The second kappa shape index (κ2) is 9.75. The average Bonchev–Trinajstić information content (AvgIpc) is 2.41. The summed E-state index contributed by atoms with van der Waals surface area (Å²) in [5.74, 6) is 0. The van der Waals surface area contributed by atoms with Crippen molar-refractivity contribution in [3.63, 3.8) is 0 Å². The van der Waals surface area contributed by atoms with Crippen molar-refractivity contribution >= 4 is 0 Å². The van der Waals surface area contributed by atoms with E-state index in [1.54, 1.807) is 0 Å². The number of hydrogen-bond donors (Lipinski definition) is 1. The molecule has 1 N–H and O–H groups in total. The molecule has 0 aromatic rings. The molecule has 1 fully saturated rings. The van der Waals surface area contributed by atoms with E-state index in [1.807, 2.05) is 0 Å². The van der Waals surface area contributed by atoms with Crippen LogP contribution in [0.5, 0.6) is 0 Å². The highest BCUT2D eigenvalue weighted by atomic mass is 16.5. The molecule has 0 amide bonds. The summed E-state index contributed by atoms with van der Waals surface area (Å²) in [6.45, 7) is 12.6. The molecule has 1 aliphatic carbocycles. The highest BCUT2D eigenvalue weighted by molar-refractivity contribution is 4.89. The molecule has 1 rings (SSSR count). The fraction of sp³-hybridized carbons (Fsp3) is 1.00. The Kier molecular flexibility index (Phi) is 8.74. The molecule has 0 aliphatic heterocycles. The Morgan fingerprint density at radius 2 is 1.90 bits per heavy atom. The minimum Gasteiger partial charge on any atom is -0.379 e. The third kappa shape index (κ3) is 7.05. The van der Waals surface area contributed by atoms with Gasteiger partial charge < -0.3 is 14.8 Å². The second-order valence-corrected chi connectivity index (χ2v) is 6.84. The topological polar surface area (TPSA) is 30.5 Å². The first kappa shape index (κ1) is 17.9. The highest BCUT2D eigenvalue weighted by Crippen LogP contribution is 2.36. The summed E-state index contributed by atoms with van der Waals surface area (Å²) in [6.07, 6.45) is 7.56. The Labute approximate surface area is 125 Å². The Morgan fingerprint density at radius 3 is 2.60 bits per heavy atom. The maximum absolute atomic E-state index is 6.12. The van der Waals surface area contributed by atoms with Crippen molar-refractivity contribution in [1.29, 1.82) is 0 Å². The number of rotatable bonds is 10. The van der Waals surface area contributed by atoms with Crippen molar-refractivity contribution in [3.8, 4) is 0 Å². The van der Waals surface area contributed by atoms with Crippen molar-refractivity contribution in [1.82, 2.24) is 5.32 Å². The van der Waals surface area contributed by atoms with E-state index in [0.717, 1.165) is 39.2 Å². The lowest BCUT2D eigenvalue weighted by Crippen LogP contribution is -2.48. The lowest BCUT2D eigenvalue weighted by Gasteiger charge is -2.41. The van der Waals surface area contributed by atoms with Crippen LogP contribution in [0, 0.1) is 5.41 Å². The molecule has 0 bridgehead atoms. The van der Waals surface area contributed by atoms with Crippen LogP contribution in [-0.2, 0) is 9.47 Å². The molecule has 3 heteroatoms. The monoisotopic (exact) mass is 285 g/mol. The molecule has 1 saturated carbocycles. The molecule has 0 heterocycles. The summed E-state index contributed by atoms with van der Waals surface area (Å²) in [5.41, 5.74) is 0.415. The van der Waals surface area contributed by atoms with Crippen molar-refractivity contribution in [2.75, 3.05) is 26.4 Å². The second-order valence-electron chi connectivity index (χ2n) is 6.84. The van der Waals surface area contributed by atoms with Crippen molar-refractivity contribution < 1.29 is 9.47 Å². The summed E-state index contributed by atoms with van der Waals surface area (Å²) in [4.78, 5) is 0. The van der Waals surface area contributed by atoms with Gasteiger partial charge in [0.15, 0.2) is 0 Å². The lowest BCUT2D eigenvalue weighted by molar-refractivity contribution is -0.0493. The molecular weight excluding hydrogens is 250 g/mol. The lowest BCUT2D eigenvalue weighted by atomic mass is 9.74. The number of nitrogens with one attached hydrogen (secondary N) is 1. The zero-order valence-electron chi connectivity index (χ0n) is 14.0. The zero-order chi connectivity index (χ0) is 14.8. The fourth-order valence-electron chi connectivity index (χ4n) is 2.87.